The van der Waals surface area contributed by atoms with Crippen LogP contribution < -0.4 is 14.4 Å². The van der Waals surface area contributed by atoms with Crippen molar-refractivity contribution in [2.45, 2.75) is 25.2 Å². The van der Waals surface area contributed by atoms with Crippen molar-refractivity contribution in [2.75, 3.05) is 51.8 Å². The highest BCUT2D eigenvalue weighted by Gasteiger charge is 2.34. The number of fused-ring (bicyclic) bond motifs is 2. The Balaban J connectivity index is 1.44. The van der Waals surface area contributed by atoms with Gasteiger partial charge in [-0.3, -0.25) is 14.8 Å². The molecule has 2 aliphatic heterocycles. The Morgan fingerprint density at radius 3 is 2.79 bits per heavy atom. The van der Waals surface area contributed by atoms with Crippen molar-refractivity contribution in [1.29, 1.82) is 0 Å². The van der Waals surface area contributed by atoms with Crippen LogP contribution in [-0.2, 0) is 9.53 Å². The number of carbonyl (C=O) groups is 1. The molecule has 3 aromatic heterocycles. The predicted molar refractivity (Wildman–Crippen MR) is 155 cm³/mol. The van der Waals surface area contributed by atoms with Gasteiger partial charge >= 0.3 is 6.01 Å². The minimum atomic E-state index is -0.667. The van der Waals surface area contributed by atoms with Gasteiger partial charge in [-0.2, -0.15) is 15.1 Å². The standard InChI is InChI=1S/C28H30ClFN8O4/c1-5-22(39)38-9-8-37(12-15(38)2)26-16-6-7-31-27(42-25-17-11-32-35-19(17)10-18(30)23(25)29)24(16)33-28(34-26)41-21-14-36(3)13-20(21)40-4/h5-7,10-11,15,20-21H,1,8-9,12-14H2,2-4H3,(H,32,35)/t15-,20-,21-/m1/s1. The number of ether oxygens (including phenoxy) is 3. The molecular weight excluding hydrogens is 567 g/mol. The number of hydrogen-bond donors (Lipinski definition) is 1. The number of methoxy groups -OCH3 is 1. The van der Waals surface area contributed by atoms with E-state index >= 15 is 0 Å². The van der Waals surface area contributed by atoms with E-state index in [1.54, 1.807) is 24.3 Å². The molecule has 12 nitrogen and oxygen atoms in total. The summed E-state index contributed by atoms with van der Waals surface area (Å²) in [6, 6.07) is 3.06. The summed E-state index contributed by atoms with van der Waals surface area (Å²) in [5, 5.41) is 7.65. The van der Waals surface area contributed by atoms with Gasteiger partial charge in [-0.25, -0.2) is 9.37 Å². The molecule has 42 heavy (non-hydrogen) atoms. The fourth-order valence-corrected chi connectivity index (χ4v) is 5.75. The van der Waals surface area contributed by atoms with Crippen LogP contribution in [0.4, 0.5) is 10.2 Å². The summed E-state index contributed by atoms with van der Waals surface area (Å²) in [5.41, 5.74) is 0.774. The molecule has 0 saturated carbocycles. The number of pyridine rings is 1. The second-order valence-electron chi connectivity index (χ2n) is 10.5. The first-order valence-corrected chi connectivity index (χ1v) is 13.9. The molecule has 1 N–H and O–H groups in total. The minimum absolute atomic E-state index is 0.0603. The highest BCUT2D eigenvalue weighted by Crippen LogP contribution is 2.40. The number of amides is 1. The molecule has 6 rings (SSSR count). The number of aromatic nitrogens is 5. The van der Waals surface area contributed by atoms with E-state index in [1.807, 2.05) is 14.0 Å². The molecule has 0 bridgehead atoms. The van der Waals surface area contributed by atoms with E-state index in [0.29, 0.717) is 60.3 Å². The number of benzene rings is 1. The normalized spacial score (nSPS) is 21.3. The number of aromatic amines is 1. The van der Waals surface area contributed by atoms with Gasteiger partial charge in [0.1, 0.15) is 34.4 Å². The molecule has 4 aromatic rings. The fourth-order valence-electron chi connectivity index (χ4n) is 5.56. The van der Waals surface area contributed by atoms with Gasteiger partial charge in [-0.15, -0.1) is 0 Å². The maximum Gasteiger partial charge on any atom is 0.319 e. The van der Waals surface area contributed by atoms with Crippen LogP contribution in [0.25, 0.3) is 21.8 Å². The lowest BCUT2D eigenvalue weighted by atomic mass is 10.1. The Morgan fingerprint density at radius 1 is 1.21 bits per heavy atom. The number of likely N-dealkylation sites (tertiary alicyclic amines) is 1. The summed E-state index contributed by atoms with van der Waals surface area (Å²) in [5.74, 6) is -0.0349. The maximum atomic E-state index is 14.7. The van der Waals surface area contributed by atoms with Crippen molar-refractivity contribution in [3.63, 3.8) is 0 Å². The SMILES string of the molecule is C=CC(=O)N1CCN(c2nc(O[C@@H]3CN(C)C[C@H]3OC)nc3c(Oc4c(Cl)c(F)cc5[nH]ncc45)nccc23)C[C@H]1C. The van der Waals surface area contributed by atoms with Crippen LogP contribution in [0.5, 0.6) is 17.6 Å². The number of halogens is 2. The zero-order chi connectivity index (χ0) is 29.5. The third kappa shape index (κ3) is 5.08. The first-order valence-electron chi connectivity index (χ1n) is 13.5. The van der Waals surface area contributed by atoms with Gasteiger partial charge in [0.05, 0.1) is 22.5 Å². The Morgan fingerprint density at radius 2 is 2.02 bits per heavy atom. The Hall–Kier alpha value is -4.07. The lowest BCUT2D eigenvalue weighted by Gasteiger charge is -2.40. The van der Waals surface area contributed by atoms with Gasteiger partial charge in [-0.05, 0) is 26.1 Å². The topological polar surface area (TPSA) is 122 Å². The minimum Gasteiger partial charge on any atom is -0.456 e. The van der Waals surface area contributed by atoms with E-state index in [-0.39, 0.29) is 46.8 Å². The quantitative estimate of drug-likeness (QED) is 0.318. The molecule has 220 valence electrons. The summed E-state index contributed by atoms with van der Waals surface area (Å²) in [6.45, 7) is 8.45. The number of H-pyrrole nitrogens is 1. The van der Waals surface area contributed by atoms with Crippen LogP contribution in [0.2, 0.25) is 5.02 Å². The van der Waals surface area contributed by atoms with Gasteiger partial charge in [0.15, 0.2) is 5.75 Å². The predicted octanol–water partition coefficient (Wildman–Crippen LogP) is 3.42. The van der Waals surface area contributed by atoms with Gasteiger partial charge in [0.2, 0.25) is 11.8 Å². The molecule has 2 saturated heterocycles. The first-order chi connectivity index (χ1) is 20.3. The molecule has 2 fully saturated rings. The average Bonchev–Trinajstić information content (AvgIpc) is 3.60. The summed E-state index contributed by atoms with van der Waals surface area (Å²) >= 11 is 6.35. The number of hydrogen-bond acceptors (Lipinski definition) is 10. The van der Waals surface area contributed by atoms with Gasteiger partial charge in [0.25, 0.3) is 0 Å². The molecule has 0 aliphatic carbocycles. The van der Waals surface area contributed by atoms with Crippen LogP contribution >= 0.6 is 11.6 Å². The Bertz CT molecular complexity index is 1670. The van der Waals surface area contributed by atoms with E-state index in [9.17, 15) is 9.18 Å². The lowest BCUT2D eigenvalue weighted by molar-refractivity contribution is -0.128. The lowest BCUT2D eigenvalue weighted by Crippen LogP contribution is -2.54. The Kier molecular flexibility index (Phi) is 7.56. The number of likely N-dealkylation sites (N-methyl/N-ethyl adjacent to an activating group) is 1. The van der Waals surface area contributed by atoms with Crippen LogP contribution in [0.1, 0.15) is 6.92 Å². The van der Waals surface area contributed by atoms with Crippen molar-refractivity contribution in [3.8, 4) is 17.6 Å². The largest absolute Gasteiger partial charge is 0.456 e. The van der Waals surface area contributed by atoms with Crippen LogP contribution in [-0.4, -0.2) is 106 Å². The number of nitrogens with zero attached hydrogens (tertiary/aromatic N) is 7. The van der Waals surface area contributed by atoms with Crippen LogP contribution in [0.15, 0.2) is 37.2 Å². The number of piperazine rings is 1. The van der Waals surface area contributed by atoms with Crippen molar-refractivity contribution >= 4 is 45.1 Å². The van der Waals surface area contributed by atoms with Crippen molar-refractivity contribution in [3.05, 3.63) is 48.0 Å². The summed E-state index contributed by atoms with van der Waals surface area (Å²) < 4.78 is 32.8. The van der Waals surface area contributed by atoms with Crippen LogP contribution in [0.3, 0.4) is 0 Å². The highest BCUT2D eigenvalue weighted by molar-refractivity contribution is 6.33. The van der Waals surface area contributed by atoms with Gasteiger partial charge < -0.3 is 24.0 Å². The number of rotatable bonds is 7. The highest BCUT2D eigenvalue weighted by atomic mass is 35.5. The number of carbonyl (C=O) groups excluding carboxylic acids is 1. The van der Waals surface area contributed by atoms with E-state index in [4.69, 9.17) is 35.8 Å². The first kappa shape index (κ1) is 28.1. The van der Waals surface area contributed by atoms with Gasteiger partial charge in [0, 0.05) is 58.1 Å². The van der Waals surface area contributed by atoms with E-state index in [0.717, 1.165) is 0 Å². The zero-order valence-corrected chi connectivity index (χ0v) is 24.1. The number of nitrogens with one attached hydrogen (secondary N) is 1. The Labute approximate surface area is 246 Å². The molecule has 5 heterocycles. The molecule has 3 atom stereocenters. The summed E-state index contributed by atoms with van der Waals surface area (Å²) in [6.07, 6.45) is 3.92. The molecule has 1 amide bonds. The second-order valence-corrected chi connectivity index (χ2v) is 10.8. The monoisotopic (exact) mass is 596 g/mol. The third-order valence-corrected chi connectivity index (χ3v) is 8.03. The molecule has 1 aromatic carbocycles. The maximum absolute atomic E-state index is 14.7. The summed E-state index contributed by atoms with van der Waals surface area (Å²) in [4.78, 5) is 32.3. The molecule has 0 unspecified atom stereocenters. The van der Waals surface area contributed by atoms with Crippen molar-refractivity contribution in [2.24, 2.45) is 0 Å². The molecule has 14 heteroatoms. The smallest absolute Gasteiger partial charge is 0.319 e. The molecule has 0 radical (unpaired) electrons. The van der Waals surface area contributed by atoms with Gasteiger partial charge in [-0.1, -0.05) is 18.2 Å². The fraction of sp³-hybridized carbons (Fsp3) is 0.393. The second kappa shape index (κ2) is 11.3. The van der Waals surface area contributed by atoms with Crippen molar-refractivity contribution in [1.82, 2.24) is 34.9 Å². The molecule has 0 spiro atoms. The van der Waals surface area contributed by atoms with Crippen molar-refractivity contribution < 1.29 is 23.4 Å². The molecule has 2 aliphatic rings. The average molecular weight is 597 g/mol. The third-order valence-electron chi connectivity index (χ3n) is 7.68. The summed E-state index contributed by atoms with van der Waals surface area (Å²) in [7, 11) is 3.64. The van der Waals surface area contributed by atoms with E-state index in [1.165, 1.54) is 18.3 Å². The van der Waals surface area contributed by atoms with E-state index < -0.39 is 5.82 Å². The number of anilines is 1. The van der Waals surface area contributed by atoms with E-state index in [2.05, 4.69) is 31.6 Å². The zero-order valence-electron chi connectivity index (χ0n) is 23.4. The van der Waals surface area contributed by atoms with Crippen LogP contribution in [0, 0.1) is 5.82 Å². The molecular formula is C28H30ClFN8O4.